The van der Waals surface area contributed by atoms with Crippen molar-refractivity contribution in [3.05, 3.63) is 58.7 Å². The summed E-state index contributed by atoms with van der Waals surface area (Å²) in [6.07, 6.45) is 8.74. The lowest BCUT2D eigenvalue weighted by atomic mass is 9.67. The van der Waals surface area contributed by atoms with Crippen molar-refractivity contribution in [1.29, 1.82) is 0 Å². The van der Waals surface area contributed by atoms with Gasteiger partial charge in [0.2, 0.25) is 0 Å². The molecule has 2 aliphatic rings. The largest absolute Gasteiger partial charge is 0.388 e. The summed E-state index contributed by atoms with van der Waals surface area (Å²) in [5, 5.41) is 3.23. The van der Waals surface area contributed by atoms with Gasteiger partial charge in [0.05, 0.1) is 5.71 Å². The number of hydrogen-bond donors (Lipinski definition) is 1. The smallest absolute Gasteiger partial charge is 0.0574 e. The Kier molecular flexibility index (Phi) is 2.89. The molecule has 0 fully saturated rings. The number of nitrogens with zero attached hydrogens (tertiary/aromatic N) is 1. The molecular formula is C18H20N2. The first-order valence-electron chi connectivity index (χ1n) is 6.97. The molecule has 2 aliphatic carbocycles. The predicted octanol–water partition coefficient (Wildman–Crippen LogP) is 3.97. The van der Waals surface area contributed by atoms with E-state index in [2.05, 4.69) is 66.7 Å². The van der Waals surface area contributed by atoms with Gasteiger partial charge in [-0.25, -0.2) is 0 Å². The third-order valence-electron chi connectivity index (χ3n) is 4.29. The van der Waals surface area contributed by atoms with Gasteiger partial charge in [0.25, 0.3) is 0 Å². The zero-order chi connectivity index (χ0) is 14.3. The Morgan fingerprint density at radius 2 is 1.90 bits per heavy atom. The molecule has 0 aliphatic heterocycles. The van der Waals surface area contributed by atoms with Crippen molar-refractivity contribution in [1.82, 2.24) is 0 Å². The fourth-order valence-electron chi connectivity index (χ4n) is 3.04. The van der Waals surface area contributed by atoms with Crippen molar-refractivity contribution in [2.75, 3.05) is 19.4 Å². The monoisotopic (exact) mass is 264 g/mol. The third-order valence-corrected chi connectivity index (χ3v) is 4.29. The Balaban J connectivity index is 2.23. The minimum atomic E-state index is -0.00697. The first-order chi connectivity index (χ1) is 9.56. The van der Waals surface area contributed by atoms with E-state index in [1.54, 1.807) is 0 Å². The molecule has 0 unspecified atom stereocenters. The summed E-state index contributed by atoms with van der Waals surface area (Å²) in [6, 6.07) is 6.58. The summed E-state index contributed by atoms with van der Waals surface area (Å²) in [6.45, 7) is 4.58. The molecule has 1 aromatic carbocycles. The zero-order valence-electron chi connectivity index (χ0n) is 12.5. The van der Waals surface area contributed by atoms with E-state index in [4.69, 9.17) is 0 Å². The molecule has 1 aromatic rings. The maximum absolute atomic E-state index is 4.31. The third kappa shape index (κ3) is 1.83. The summed E-state index contributed by atoms with van der Waals surface area (Å²) < 4.78 is 0. The van der Waals surface area contributed by atoms with Gasteiger partial charge in [-0.3, -0.25) is 4.99 Å². The number of fused-ring (bicyclic) bond motifs is 2. The molecule has 2 heteroatoms. The number of rotatable bonds is 1. The van der Waals surface area contributed by atoms with Crippen LogP contribution in [0.15, 0.2) is 52.6 Å². The maximum Gasteiger partial charge on any atom is 0.0574 e. The van der Waals surface area contributed by atoms with Crippen LogP contribution < -0.4 is 5.32 Å². The summed E-state index contributed by atoms with van der Waals surface area (Å²) in [7, 11) is 3.80. The first kappa shape index (κ1) is 12.9. The lowest BCUT2D eigenvalue weighted by Crippen LogP contribution is -2.27. The molecule has 0 spiro atoms. The highest BCUT2D eigenvalue weighted by molar-refractivity contribution is 6.08. The van der Waals surface area contributed by atoms with E-state index >= 15 is 0 Å². The second-order valence-electron chi connectivity index (χ2n) is 5.82. The molecule has 20 heavy (non-hydrogen) atoms. The number of nitrogens with one attached hydrogen (secondary N) is 1. The van der Waals surface area contributed by atoms with Crippen LogP contribution in [0.25, 0.3) is 6.08 Å². The minimum Gasteiger partial charge on any atom is -0.388 e. The summed E-state index contributed by atoms with van der Waals surface area (Å²) >= 11 is 0. The van der Waals surface area contributed by atoms with Crippen LogP contribution in [0.2, 0.25) is 0 Å². The van der Waals surface area contributed by atoms with Gasteiger partial charge < -0.3 is 5.32 Å². The van der Waals surface area contributed by atoms with Crippen molar-refractivity contribution in [3.8, 4) is 0 Å². The van der Waals surface area contributed by atoms with E-state index in [1.807, 2.05) is 14.1 Å². The highest BCUT2D eigenvalue weighted by Gasteiger charge is 2.33. The summed E-state index contributed by atoms with van der Waals surface area (Å²) in [5.41, 5.74) is 7.51. The molecule has 1 N–H and O–H groups in total. The second-order valence-corrected chi connectivity index (χ2v) is 5.82. The number of allylic oxidation sites excluding steroid dienone is 5. The summed E-state index contributed by atoms with van der Waals surface area (Å²) in [4.78, 5) is 4.31. The van der Waals surface area contributed by atoms with Gasteiger partial charge in [-0.05, 0) is 52.6 Å². The molecule has 0 saturated heterocycles. The molecule has 0 saturated carbocycles. The van der Waals surface area contributed by atoms with E-state index in [-0.39, 0.29) is 5.41 Å². The average Bonchev–Trinajstić information content (AvgIpc) is 2.47. The Labute approximate surface area is 120 Å². The Hall–Kier alpha value is -2.09. The normalized spacial score (nSPS) is 20.9. The standard InChI is InChI=1S/C18H20N2/c1-18(2)16-10-14(19-3)7-5-12(16)9-13-6-8-15(20-4)11-17(13)18/h5-11,19H,1-4H3. The molecular weight excluding hydrogens is 244 g/mol. The van der Waals surface area contributed by atoms with Crippen LogP contribution in [-0.4, -0.2) is 19.8 Å². The van der Waals surface area contributed by atoms with Crippen LogP contribution in [0.3, 0.4) is 0 Å². The molecule has 102 valence electrons. The fourth-order valence-corrected chi connectivity index (χ4v) is 3.04. The highest BCUT2D eigenvalue weighted by atomic mass is 14.8. The predicted molar refractivity (Wildman–Crippen MR) is 87.6 cm³/mol. The highest BCUT2D eigenvalue weighted by Crippen LogP contribution is 2.44. The maximum atomic E-state index is 4.31. The minimum absolute atomic E-state index is 0.00697. The topological polar surface area (TPSA) is 24.4 Å². The lowest BCUT2D eigenvalue weighted by Gasteiger charge is -2.36. The average molecular weight is 264 g/mol. The van der Waals surface area contributed by atoms with Crippen LogP contribution in [0.4, 0.5) is 5.69 Å². The Morgan fingerprint density at radius 1 is 1.10 bits per heavy atom. The molecule has 0 radical (unpaired) electrons. The van der Waals surface area contributed by atoms with E-state index in [1.165, 1.54) is 22.3 Å². The van der Waals surface area contributed by atoms with Crippen LogP contribution >= 0.6 is 0 Å². The molecule has 0 bridgehead atoms. The quantitative estimate of drug-likeness (QED) is 0.815. The lowest BCUT2D eigenvalue weighted by molar-refractivity contribution is 0.628. The van der Waals surface area contributed by atoms with Gasteiger partial charge in [-0.1, -0.05) is 26.0 Å². The number of anilines is 1. The SMILES string of the molecule is CN=C1C=CC2=Cc3ccc(NC)cc3C(C)(C)C2=C1. The van der Waals surface area contributed by atoms with Gasteiger partial charge in [0.15, 0.2) is 0 Å². The van der Waals surface area contributed by atoms with E-state index in [0.29, 0.717) is 0 Å². The van der Waals surface area contributed by atoms with Gasteiger partial charge in [-0.15, -0.1) is 0 Å². The molecule has 2 nitrogen and oxygen atoms in total. The fraction of sp³-hybridized carbons (Fsp3) is 0.278. The summed E-state index contributed by atoms with van der Waals surface area (Å²) in [5.74, 6) is 0. The van der Waals surface area contributed by atoms with Crippen molar-refractivity contribution < 1.29 is 0 Å². The van der Waals surface area contributed by atoms with Crippen LogP contribution in [0, 0.1) is 0 Å². The van der Waals surface area contributed by atoms with Gasteiger partial charge in [0.1, 0.15) is 0 Å². The number of aliphatic imine (C=N–C) groups is 1. The van der Waals surface area contributed by atoms with Gasteiger partial charge in [0, 0.05) is 25.2 Å². The molecule has 0 atom stereocenters. The first-order valence-corrected chi connectivity index (χ1v) is 6.97. The second kappa shape index (κ2) is 4.48. The van der Waals surface area contributed by atoms with E-state index in [0.717, 1.165) is 11.4 Å². The van der Waals surface area contributed by atoms with E-state index in [9.17, 15) is 0 Å². The van der Waals surface area contributed by atoms with Crippen molar-refractivity contribution in [2.24, 2.45) is 4.99 Å². The Bertz CT molecular complexity index is 685. The van der Waals surface area contributed by atoms with Gasteiger partial charge in [-0.2, -0.15) is 0 Å². The van der Waals surface area contributed by atoms with Crippen molar-refractivity contribution >= 4 is 17.5 Å². The zero-order valence-corrected chi connectivity index (χ0v) is 12.5. The molecule has 0 heterocycles. The number of benzene rings is 1. The Morgan fingerprint density at radius 3 is 2.60 bits per heavy atom. The van der Waals surface area contributed by atoms with Crippen LogP contribution in [-0.2, 0) is 5.41 Å². The van der Waals surface area contributed by atoms with Crippen LogP contribution in [0.5, 0.6) is 0 Å². The van der Waals surface area contributed by atoms with Crippen molar-refractivity contribution in [2.45, 2.75) is 19.3 Å². The molecule has 0 aromatic heterocycles. The van der Waals surface area contributed by atoms with Crippen molar-refractivity contribution in [3.63, 3.8) is 0 Å². The van der Waals surface area contributed by atoms with E-state index < -0.39 is 0 Å². The number of hydrogen-bond acceptors (Lipinski definition) is 2. The van der Waals surface area contributed by atoms with Crippen LogP contribution in [0.1, 0.15) is 25.0 Å². The van der Waals surface area contributed by atoms with Gasteiger partial charge >= 0.3 is 0 Å². The molecule has 3 rings (SSSR count). The molecule has 0 amide bonds.